The van der Waals surface area contributed by atoms with E-state index in [1.807, 2.05) is 6.07 Å². The number of nitrogens with zero attached hydrogens (tertiary/aromatic N) is 2. The van der Waals surface area contributed by atoms with E-state index in [0.717, 1.165) is 18.9 Å². The molecule has 31 heavy (non-hydrogen) atoms. The van der Waals surface area contributed by atoms with E-state index in [-0.39, 0.29) is 29.2 Å². The van der Waals surface area contributed by atoms with Gasteiger partial charge in [-0.05, 0) is 43.9 Å². The molecular weight excluding hydrogens is 405 g/mol. The van der Waals surface area contributed by atoms with Crippen LogP contribution in [0, 0.1) is 23.1 Å². The van der Waals surface area contributed by atoms with Crippen molar-refractivity contribution in [1.82, 2.24) is 10.3 Å². The van der Waals surface area contributed by atoms with Gasteiger partial charge < -0.3 is 30.5 Å². The average Bonchev–Trinajstić information content (AvgIpc) is 3.58. The van der Waals surface area contributed by atoms with E-state index < -0.39 is 18.0 Å². The number of pyridine rings is 1. The van der Waals surface area contributed by atoms with Crippen molar-refractivity contribution in [1.29, 1.82) is 5.26 Å². The van der Waals surface area contributed by atoms with Gasteiger partial charge in [0.1, 0.15) is 6.07 Å². The van der Waals surface area contributed by atoms with Crippen LogP contribution in [-0.4, -0.2) is 42.5 Å². The maximum Gasteiger partial charge on any atom is 0.404 e. The Balaban J connectivity index is 1.89. The maximum atomic E-state index is 14.7. The Bertz CT molecular complexity index is 1010. The van der Waals surface area contributed by atoms with Crippen LogP contribution >= 0.6 is 0 Å². The van der Waals surface area contributed by atoms with E-state index in [1.54, 1.807) is 25.1 Å². The van der Waals surface area contributed by atoms with Crippen LogP contribution in [0.2, 0.25) is 0 Å². The minimum atomic E-state index is -1.15. The van der Waals surface area contributed by atoms with Gasteiger partial charge in [-0.1, -0.05) is 0 Å². The molecule has 0 spiro atoms. The molecule has 1 amide bonds. The number of benzene rings is 1. The van der Waals surface area contributed by atoms with Gasteiger partial charge in [0.15, 0.2) is 29.0 Å². The van der Waals surface area contributed by atoms with Crippen molar-refractivity contribution in [3.63, 3.8) is 0 Å². The lowest BCUT2D eigenvalue weighted by Gasteiger charge is -2.26. The summed E-state index contributed by atoms with van der Waals surface area (Å²) in [6.07, 6.45) is 0.680. The Labute approximate surface area is 179 Å². The number of nitrogens with one attached hydrogen (secondary N) is 3. The second kappa shape index (κ2) is 9.38. The third kappa shape index (κ3) is 5.25. The summed E-state index contributed by atoms with van der Waals surface area (Å²) < 4.78 is 25.2. The maximum absolute atomic E-state index is 14.7. The molecule has 0 saturated heterocycles. The van der Waals surface area contributed by atoms with Gasteiger partial charge in [-0.25, -0.2) is 14.2 Å². The monoisotopic (exact) mass is 429 g/mol. The smallest absolute Gasteiger partial charge is 0.404 e. The van der Waals surface area contributed by atoms with E-state index in [0.29, 0.717) is 17.2 Å². The summed E-state index contributed by atoms with van der Waals surface area (Å²) in [4.78, 5) is 15.3. The quantitative estimate of drug-likeness (QED) is 0.475. The first-order chi connectivity index (χ1) is 14.9. The number of aromatic nitrogens is 1. The van der Waals surface area contributed by atoms with Crippen LogP contribution in [0.25, 0.3) is 0 Å². The Morgan fingerprint density at radius 1 is 1.26 bits per heavy atom. The lowest BCUT2D eigenvalue weighted by molar-refractivity contribution is 0.188. The average molecular weight is 429 g/mol. The van der Waals surface area contributed by atoms with Gasteiger partial charge in [0.05, 0.1) is 25.8 Å². The largest absolute Gasteiger partial charge is 0.493 e. The summed E-state index contributed by atoms with van der Waals surface area (Å²) in [5.41, 5.74) is 0.594. The molecule has 3 rings (SSSR count). The molecular formula is C21H24FN5O4. The molecule has 164 valence electrons. The fourth-order valence-electron chi connectivity index (χ4n) is 3.37. The molecule has 9 nitrogen and oxygen atoms in total. The van der Waals surface area contributed by atoms with Crippen LogP contribution in [0.4, 0.5) is 26.5 Å². The Morgan fingerprint density at radius 3 is 2.55 bits per heavy atom. The highest BCUT2D eigenvalue weighted by Gasteiger charge is 2.36. The van der Waals surface area contributed by atoms with Crippen LogP contribution in [0.3, 0.4) is 0 Å². The van der Waals surface area contributed by atoms with Gasteiger partial charge in [-0.15, -0.1) is 0 Å². The number of rotatable bonds is 9. The van der Waals surface area contributed by atoms with E-state index in [2.05, 4.69) is 20.9 Å². The summed E-state index contributed by atoms with van der Waals surface area (Å²) in [6.45, 7) is 1.72. The highest BCUT2D eigenvalue weighted by atomic mass is 19.1. The number of hydrogen-bond donors (Lipinski definition) is 4. The second-order valence-corrected chi connectivity index (χ2v) is 7.27. The fourth-order valence-corrected chi connectivity index (χ4v) is 3.37. The van der Waals surface area contributed by atoms with Gasteiger partial charge >= 0.3 is 6.09 Å². The van der Waals surface area contributed by atoms with Crippen molar-refractivity contribution in [2.24, 2.45) is 5.92 Å². The third-order valence-electron chi connectivity index (χ3n) is 5.07. The van der Waals surface area contributed by atoms with Crippen molar-refractivity contribution in [2.75, 3.05) is 24.9 Å². The molecule has 1 aromatic heterocycles. The molecule has 1 aliphatic carbocycles. The summed E-state index contributed by atoms with van der Waals surface area (Å²) in [7, 11) is 3.03. The van der Waals surface area contributed by atoms with E-state index >= 15 is 0 Å². The topological polar surface area (TPSA) is 129 Å². The van der Waals surface area contributed by atoms with Gasteiger partial charge in [0.2, 0.25) is 0 Å². The fraction of sp³-hybridized carbons (Fsp3) is 0.381. The Morgan fingerprint density at radius 2 is 1.97 bits per heavy atom. The standard InChI is InChI=1S/C21H24FN5O4/c1-11(24-21(28)29)18(12-4-5-12)26-20-15(22)8-13(10-23)19(27-20)25-14-6-7-16(30-2)17(9-14)31-3/h6-9,11-12,18,24H,4-5H2,1-3H3,(H,28,29)(H2,25,26,27)/t11-,18+/m0/s1. The van der Waals surface area contributed by atoms with Crippen molar-refractivity contribution in [3.05, 3.63) is 35.6 Å². The van der Waals surface area contributed by atoms with Crippen molar-refractivity contribution >= 4 is 23.4 Å². The zero-order valence-corrected chi connectivity index (χ0v) is 17.4. The van der Waals surface area contributed by atoms with Crippen LogP contribution in [0.5, 0.6) is 11.5 Å². The summed E-state index contributed by atoms with van der Waals surface area (Å²) in [6, 6.07) is 7.32. The van der Waals surface area contributed by atoms with Crippen molar-refractivity contribution in [3.8, 4) is 17.6 Å². The number of halogens is 1. The molecule has 1 aliphatic rings. The third-order valence-corrected chi connectivity index (χ3v) is 5.07. The van der Waals surface area contributed by atoms with E-state index in [4.69, 9.17) is 14.6 Å². The Hall–Kier alpha value is -3.74. The highest BCUT2D eigenvalue weighted by molar-refractivity contribution is 5.68. The predicted octanol–water partition coefficient (Wildman–Crippen LogP) is 3.70. The molecule has 1 fully saturated rings. The molecule has 10 heteroatoms. The number of hydrogen-bond acceptors (Lipinski definition) is 7. The van der Waals surface area contributed by atoms with E-state index in [9.17, 15) is 14.4 Å². The molecule has 1 heterocycles. The number of anilines is 3. The van der Waals surface area contributed by atoms with Crippen LogP contribution < -0.4 is 25.4 Å². The second-order valence-electron chi connectivity index (χ2n) is 7.27. The highest BCUT2D eigenvalue weighted by Crippen LogP contribution is 2.37. The van der Waals surface area contributed by atoms with E-state index in [1.165, 1.54) is 14.2 Å². The van der Waals surface area contributed by atoms with Gasteiger partial charge in [-0.2, -0.15) is 5.26 Å². The molecule has 2 aromatic rings. The van der Waals surface area contributed by atoms with Crippen LogP contribution in [0.15, 0.2) is 24.3 Å². The summed E-state index contributed by atoms with van der Waals surface area (Å²) in [5.74, 6) is 0.637. The number of methoxy groups -OCH3 is 2. The van der Waals surface area contributed by atoms with Crippen LogP contribution in [-0.2, 0) is 0 Å². The van der Waals surface area contributed by atoms with Crippen molar-refractivity contribution < 1.29 is 23.8 Å². The SMILES string of the molecule is COc1ccc(Nc2nc(N[C@@H](C3CC3)[C@H](C)NC(=O)O)c(F)cc2C#N)cc1OC. The summed E-state index contributed by atoms with van der Waals surface area (Å²) in [5, 5.41) is 26.9. The predicted molar refractivity (Wildman–Crippen MR) is 112 cm³/mol. The van der Waals surface area contributed by atoms with Gasteiger partial charge in [-0.3, -0.25) is 0 Å². The number of amides is 1. The first kappa shape index (κ1) is 22.0. The molecule has 0 aliphatic heterocycles. The normalized spacial score (nSPS) is 14.7. The first-order valence-electron chi connectivity index (χ1n) is 9.72. The van der Waals surface area contributed by atoms with Gasteiger partial charge in [0.25, 0.3) is 0 Å². The molecule has 1 aromatic carbocycles. The molecule has 0 unspecified atom stereocenters. The lowest BCUT2D eigenvalue weighted by atomic mass is 10.0. The number of carboxylic acid groups (broad SMARTS) is 1. The minimum Gasteiger partial charge on any atom is -0.493 e. The molecule has 0 bridgehead atoms. The summed E-state index contributed by atoms with van der Waals surface area (Å²) >= 11 is 0. The molecule has 2 atom stereocenters. The van der Waals surface area contributed by atoms with Gasteiger partial charge in [0, 0.05) is 17.8 Å². The number of carbonyl (C=O) groups is 1. The zero-order valence-electron chi connectivity index (χ0n) is 17.4. The molecule has 4 N–H and O–H groups in total. The molecule has 0 radical (unpaired) electrons. The molecule has 1 saturated carbocycles. The number of ether oxygens (including phenoxy) is 2. The lowest BCUT2D eigenvalue weighted by Crippen LogP contribution is -2.45. The van der Waals surface area contributed by atoms with Crippen molar-refractivity contribution in [2.45, 2.75) is 31.8 Å². The minimum absolute atomic E-state index is 0.0255. The first-order valence-corrected chi connectivity index (χ1v) is 9.72. The zero-order chi connectivity index (χ0) is 22.5. The van der Waals surface area contributed by atoms with Crippen LogP contribution in [0.1, 0.15) is 25.3 Å². The number of nitriles is 1. The Kier molecular flexibility index (Phi) is 6.65.